The molecule has 1 atom stereocenters. The first-order chi connectivity index (χ1) is 8.90. The topological polar surface area (TPSA) is 32.7 Å². The average Bonchev–Trinajstić information content (AvgIpc) is 2.27. The summed E-state index contributed by atoms with van der Waals surface area (Å²) in [5, 5.41) is 10.3. The Kier molecular flexibility index (Phi) is 6.49. The number of aliphatic hydroxyl groups is 1. The third-order valence-electron chi connectivity index (χ3n) is 3.19. The summed E-state index contributed by atoms with van der Waals surface area (Å²) < 4.78 is 5.52. The van der Waals surface area contributed by atoms with Gasteiger partial charge >= 0.3 is 0 Å². The van der Waals surface area contributed by atoms with E-state index < -0.39 is 6.10 Å². The first-order valence-corrected chi connectivity index (χ1v) is 6.95. The van der Waals surface area contributed by atoms with Crippen LogP contribution in [0.4, 0.5) is 0 Å². The van der Waals surface area contributed by atoms with Gasteiger partial charge in [-0.25, -0.2) is 0 Å². The van der Waals surface area contributed by atoms with E-state index in [0.29, 0.717) is 13.2 Å². The van der Waals surface area contributed by atoms with Crippen LogP contribution in [0.2, 0.25) is 0 Å². The molecule has 1 aromatic carbocycles. The number of hydrogen-bond donors (Lipinski definition) is 1. The molecule has 0 aliphatic heterocycles. The molecule has 0 bridgehead atoms. The van der Waals surface area contributed by atoms with Crippen molar-refractivity contribution in [3.8, 4) is 0 Å². The van der Waals surface area contributed by atoms with Gasteiger partial charge in [0.15, 0.2) is 0 Å². The third kappa shape index (κ3) is 5.72. The number of benzene rings is 1. The minimum Gasteiger partial charge on any atom is -0.387 e. The van der Waals surface area contributed by atoms with E-state index in [-0.39, 0.29) is 6.10 Å². The highest BCUT2D eigenvalue weighted by Gasteiger charge is 2.13. The van der Waals surface area contributed by atoms with Crippen molar-refractivity contribution in [1.82, 2.24) is 4.90 Å². The maximum Gasteiger partial charge on any atom is 0.0919 e. The number of ether oxygens (including phenoxy) is 1. The Balaban J connectivity index is 2.47. The Morgan fingerprint density at radius 1 is 1.26 bits per heavy atom. The van der Waals surface area contributed by atoms with E-state index in [2.05, 4.69) is 17.9 Å². The van der Waals surface area contributed by atoms with Gasteiger partial charge in [0.2, 0.25) is 0 Å². The summed E-state index contributed by atoms with van der Waals surface area (Å²) in [6, 6.07) is 6.18. The second-order valence-corrected chi connectivity index (χ2v) is 5.56. The fraction of sp³-hybridized carbons (Fsp3) is 0.625. The Morgan fingerprint density at radius 3 is 2.53 bits per heavy atom. The molecule has 1 aromatic rings. The highest BCUT2D eigenvalue weighted by molar-refractivity contribution is 5.32. The van der Waals surface area contributed by atoms with Gasteiger partial charge in [0.25, 0.3) is 0 Å². The van der Waals surface area contributed by atoms with Crippen LogP contribution in [-0.2, 0) is 4.74 Å². The largest absolute Gasteiger partial charge is 0.387 e. The molecular formula is C16H27NO2. The molecule has 1 rings (SSSR count). The van der Waals surface area contributed by atoms with Gasteiger partial charge in [0.1, 0.15) is 0 Å². The van der Waals surface area contributed by atoms with E-state index in [4.69, 9.17) is 4.74 Å². The Bertz CT molecular complexity index is 390. The lowest BCUT2D eigenvalue weighted by atomic mass is 10.0. The highest BCUT2D eigenvalue weighted by atomic mass is 16.5. The lowest BCUT2D eigenvalue weighted by molar-refractivity contribution is 0.0518. The highest BCUT2D eigenvalue weighted by Crippen LogP contribution is 2.19. The normalized spacial score (nSPS) is 13.3. The van der Waals surface area contributed by atoms with Crippen LogP contribution in [0, 0.1) is 13.8 Å². The standard InChI is InChI=1S/C16H27NO2/c1-12(2)19-9-8-17(5)11-16(18)15-7-6-13(3)10-14(15)4/h6-7,10,12,16,18H,8-9,11H2,1-5H3. The van der Waals surface area contributed by atoms with Crippen LogP contribution in [0.5, 0.6) is 0 Å². The first-order valence-electron chi connectivity index (χ1n) is 6.95. The van der Waals surface area contributed by atoms with Crippen LogP contribution >= 0.6 is 0 Å². The average molecular weight is 265 g/mol. The second-order valence-electron chi connectivity index (χ2n) is 5.56. The molecular weight excluding hydrogens is 238 g/mol. The number of hydrogen-bond acceptors (Lipinski definition) is 3. The number of likely N-dealkylation sites (N-methyl/N-ethyl adjacent to an activating group) is 1. The smallest absolute Gasteiger partial charge is 0.0919 e. The van der Waals surface area contributed by atoms with Gasteiger partial charge in [0, 0.05) is 13.1 Å². The zero-order chi connectivity index (χ0) is 14.4. The van der Waals surface area contributed by atoms with Crippen LogP contribution in [0.15, 0.2) is 18.2 Å². The summed E-state index contributed by atoms with van der Waals surface area (Å²) in [7, 11) is 2.01. The molecule has 3 heteroatoms. The molecule has 0 saturated heterocycles. The summed E-state index contributed by atoms with van der Waals surface area (Å²) in [5.41, 5.74) is 3.40. The molecule has 0 spiro atoms. The molecule has 1 unspecified atom stereocenters. The lowest BCUT2D eigenvalue weighted by Crippen LogP contribution is -2.29. The maximum absolute atomic E-state index is 10.3. The second kappa shape index (κ2) is 7.63. The fourth-order valence-electron chi connectivity index (χ4n) is 2.13. The number of nitrogens with zero attached hydrogens (tertiary/aromatic N) is 1. The summed E-state index contributed by atoms with van der Waals surface area (Å²) in [4.78, 5) is 2.10. The van der Waals surface area contributed by atoms with Crippen LogP contribution < -0.4 is 0 Å². The van der Waals surface area contributed by atoms with Gasteiger partial charge in [-0.2, -0.15) is 0 Å². The van der Waals surface area contributed by atoms with Gasteiger partial charge in [-0.3, -0.25) is 0 Å². The zero-order valence-corrected chi connectivity index (χ0v) is 12.8. The van der Waals surface area contributed by atoms with Gasteiger partial charge in [-0.15, -0.1) is 0 Å². The summed E-state index contributed by atoms with van der Waals surface area (Å²) >= 11 is 0. The van der Waals surface area contributed by atoms with E-state index in [1.165, 1.54) is 5.56 Å². The van der Waals surface area contributed by atoms with Crippen LogP contribution in [-0.4, -0.2) is 42.9 Å². The zero-order valence-electron chi connectivity index (χ0n) is 12.8. The SMILES string of the molecule is Cc1ccc(C(O)CN(C)CCOC(C)C)c(C)c1. The van der Waals surface area contributed by atoms with Crippen molar-refractivity contribution in [3.05, 3.63) is 34.9 Å². The molecule has 3 nitrogen and oxygen atoms in total. The van der Waals surface area contributed by atoms with E-state index in [9.17, 15) is 5.11 Å². The third-order valence-corrected chi connectivity index (χ3v) is 3.19. The fourth-order valence-corrected chi connectivity index (χ4v) is 2.13. The van der Waals surface area contributed by atoms with E-state index in [0.717, 1.165) is 17.7 Å². The Hall–Kier alpha value is -0.900. The minimum absolute atomic E-state index is 0.262. The molecule has 0 fully saturated rings. The quantitative estimate of drug-likeness (QED) is 0.823. The van der Waals surface area contributed by atoms with Crippen LogP contribution in [0.3, 0.4) is 0 Å². The van der Waals surface area contributed by atoms with Gasteiger partial charge in [0.05, 0.1) is 18.8 Å². The monoisotopic (exact) mass is 265 g/mol. The molecule has 1 N–H and O–H groups in total. The van der Waals surface area contributed by atoms with Crippen molar-refractivity contribution in [2.24, 2.45) is 0 Å². The van der Waals surface area contributed by atoms with Crippen molar-refractivity contribution >= 4 is 0 Å². The van der Waals surface area contributed by atoms with Crippen molar-refractivity contribution in [2.45, 2.75) is 39.9 Å². The van der Waals surface area contributed by atoms with Crippen LogP contribution in [0.1, 0.15) is 36.6 Å². The molecule has 0 aliphatic rings. The summed E-state index contributed by atoms with van der Waals surface area (Å²) in [6.07, 6.45) is -0.178. The molecule has 0 aliphatic carbocycles. The Labute approximate surface area is 117 Å². The van der Waals surface area contributed by atoms with Gasteiger partial charge in [-0.1, -0.05) is 23.8 Å². The number of rotatable bonds is 7. The Morgan fingerprint density at radius 2 is 1.95 bits per heavy atom. The van der Waals surface area contributed by atoms with Crippen molar-refractivity contribution in [3.63, 3.8) is 0 Å². The molecule has 0 aromatic heterocycles. The first kappa shape index (κ1) is 16.2. The van der Waals surface area contributed by atoms with Crippen molar-refractivity contribution < 1.29 is 9.84 Å². The van der Waals surface area contributed by atoms with Crippen molar-refractivity contribution in [1.29, 1.82) is 0 Å². The van der Waals surface area contributed by atoms with Crippen LogP contribution in [0.25, 0.3) is 0 Å². The van der Waals surface area contributed by atoms with Gasteiger partial charge < -0.3 is 14.7 Å². The lowest BCUT2D eigenvalue weighted by Gasteiger charge is -2.22. The molecule has 0 amide bonds. The molecule has 108 valence electrons. The molecule has 0 heterocycles. The van der Waals surface area contributed by atoms with E-state index >= 15 is 0 Å². The van der Waals surface area contributed by atoms with Crippen molar-refractivity contribution in [2.75, 3.05) is 26.7 Å². The predicted octanol–water partition coefficient (Wildman–Crippen LogP) is 2.69. The number of aliphatic hydroxyl groups excluding tert-OH is 1. The molecule has 0 radical (unpaired) electrons. The molecule has 0 saturated carbocycles. The molecule has 19 heavy (non-hydrogen) atoms. The van der Waals surface area contributed by atoms with E-state index in [1.54, 1.807) is 0 Å². The van der Waals surface area contributed by atoms with E-state index in [1.807, 2.05) is 40.0 Å². The minimum atomic E-state index is -0.440. The summed E-state index contributed by atoms with van der Waals surface area (Å²) in [6.45, 7) is 10.3. The van der Waals surface area contributed by atoms with Gasteiger partial charge in [-0.05, 0) is 45.9 Å². The predicted molar refractivity (Wildman–Crippen MR) is 79.5 cm³/mol. The summed E-state index contributed by atoms with van der Waals surface area (Å²) in [5.74, 6) is 0. The number of aryl methyl sites for hydroxylation is 2. The maximum atomic E-state index is 10.3.